The standard InChI is InChI=1S/C9H17NO2/c1-4-8(3)10-6-7-12-9(11)5-2/h5,8,10H,2,4,6-7H2,1,3H3. The van der Waals surface area contributed by atoms with Crippen molar-refractivity contribution in [2.45, 2.75) is 26.3 Å². The highest BCUT2D eigenvalue weighted by Crippen LogP contribution is 1.86. The van der Waals surface area contributed by atoms with Gasteiger partial charge in [0.1, 0.15) is 6.61 Å². The maximum atomic E-state index is 10.6. The summed E-state index contributed by atoms with van der Waals surface area (Å²) in [6.45, 7) is 8.61. The van der Waals surface area contributed by atoms with E-state index in [1.54, 1.807) is 0 Å². The molecule has 0 bridgehead atoms. The number of carbonyl (C=O) groups is 1. The van der Waals surface area contributed by atoms with Crippen molar-refractivity contribution in [3.63, 3.8) is 0 Å². The van der Waals surface area contributed by atoms with Crippen LogP contribution in [-0.2, 0) is 9.53 Å². The summed E-state index contributed by atoms with van der Waals surface area (Å²) in [6, 6.07) is 0.479. The zero-order valence-electron chi connectivity index (χ0n) is 7.80. The first-order valence-electron chi connectivity index (χ1n) is 4.23. The number of nitrogens with one attached hydrogen (secondary N) is 1. The van der Waals surface area contributed by atoms with Gasteiger partial charge in [0.05, 0.1) is 0 Å². The maximum absolute atomic E-state index is 10.6. The summed E-state index contributed by atoms with van der Waals surface area (Å²) in [4.78, 5) is 10.6. The lowest BCUT2D eigenvalue weighted by atomic mass is 10.3. The Hall–Kier alpha value is -0.830. The van der Waals surface area contributed by atoms with Crippen LogP contribution < -0.4 is 5.32 Å². The van der Waals surface area contributed by atoms with Crippen LogP contribution in [0.2, 0.25) is 0 Å². The first-order chi connectivity index (χ1) is 5.70. The van der Waals surface area contributed by atoms with Crippen molar-refractivity contribution in [2.75, 3.05) is 13.2 Å². The first kappa shape index (κ1) is 11.2. The van der Waals surface area contributed by atoms with Crippen LogP contribution >= 0.6 is 0 Å². The van der Waals surface area contributed by atoms with Gasteiger partial charge in [-0.3, -0.25) is 0 Å². The molecule has 0 saturated carbocycles. The third-order valence-electron chi connectivity index (χ3n) is 1.62. The zero-order valence-corrected chi connectivity index (χ0v) is 7.80. The van der Waals surface area contributed by atoms with Crippen molar-refractivity contribution >= 4 is 5.97 Å². The van der Waals surface area contributed by atoms with Gasteiger partial charge in [0.25, 0.3) is 0 Å². The molecule has 1 atom stereocenters. The van der Waals surface area contributed by atoms with Gasteiger partial charge in [0, 0.05) is 18.7 Å². The number of esters is 1. The third-order valence-corrected chi connectivity index (χ3v) is 1.62. The first-order valence-corrected chi connectivity index (χ1v) is 4.23. The molecule has 0 aromatic rings. The Morgan fingerprint density at radius 1 is 1.75 bits per heavy atom. The van der Waals surface area contributed by atoms with E-state index in [-0.39, 0.29) is 5.97 Å². The molecule has 0 heterocycles. The molecule has 0 aliphatic heterocycles. The van der Waals surface area contributed by atoms with E-state index in [1.807, 2.05) is 0 Å². The van der Waals surface area contributed by atoms with E-state index in [0.717, 1.165) is 6.42 Å². The van der Waals surface area contributed by atoms with Gasteiger partial charge in [-0.05, 0) is 13.3 Å². The molecule has 70 valence electrons. The second-order valence-electron chi connectivity index (χ2n) is 2.64. The van der Waals surface area contributed by atoms with Gasteiger partial charge < -0.3 is 10.1 Å². The normalized spacial score (nSPS) is 12.2. The molecule has 0 aromatic carbocycles. The Balaban J connectivity index is 3.21. The monoisotopic (exact) mass is 171 g/mol. The van der Waals surface area contributed by atoms with Crippen LogP contribution in [0, 0.1) is 0 Å². The van der Waals surface area contributed by atoms with Crippen molar-refractivity contribution in [2.24, 2.45) is 0 Å². The minimum Gasteiger partial charge on any atom is -0.461 e. The Bertz CT molecular complexity index is 145. The summed E-state index contributed by atoms with van der Waals surface area (Å²) in [6.07, 6.45) is 2.25. The van der Waals surface area contributed by atoms with Crippen LogP contribution in [0.15, 0.2) is 12.7 Å². The average Bonchev–Trinajstić information content (AvgIpc) is 2.11. The number of ether oxygens (including phenoxy) is 1. The molecule has 0 aliphatic carbocycles. The molecule has 0 fully saturated rings. The minimum absolute atomic E-state index is 0.360. The van der Waals surface area contributed by atoms with E-state index >= 15 is 0 Å². The van der Waals surface area contributed by atoms with E-state index in [9.17, 15) is 4.79 Å². The molecule has 0 rings (SSSR count). The maximum Gasteiger partial charge on any atom is 0.330 e. The van der Waals surface area contributed by atoms with Gasteiger partial charge >= 0.3 is 5.97 Å². The van der Waals surface area contributed by atoms with Gasteiger partial charge in [-0.1, -0.05) is 13.5 Å². The molecular weight excluding hydrogens is 154 g/mol. The lowest BCUT2D eigenvalue weighted by Crippen LogP contribution is -2.29. The summed E-state index contributed by atoms with van der Waals surface area (Å²) in [7, 11) is 0. The lowest BCUT2D eigenvalue weighted by Gasteiger charge is -2.10. The Kier molecular flexibility index (Phi) is 6.38. The zero-order chi connectivity index (χ0) is 9.40. The molecule has 0 amide bonds. The molecule has 0 radical (unpaired) electrons. The average molecular weight is 171 g/mol. The largest absolute Gasteiger partial charge is 0.461 e. The van der Waals surface area contributed by atoms with Crippen LogP contribution in [-0.4, -0.2) is 25.2 Å². The fourth-order valence-electron chi connectivity index (χ4n) is 0.660. The highest BCUT2D eigenvalue weighted by Gasteiger charge is 1.97. The number of carbonyl (C=O) groups excluding carboxylic acids is 1. The molecule has 1 N–H and O–H groups in total. The molecule has 0 aromatic heterocycles. The molecule has 0 aliphatic rings. The second kappa shape index (κ2) is 6.85. The minimum atomic E-state index is -0.360. The highest BCUT2D eigenvalue weighted by molar-refractivity contribution is 5.81. The van der Waals surface area contributed by atoms with Gasteiger partial charge in [-0.15, -0.1) is 0 Å². The number of rotatable bonds is 6. The fourth-order valence-corrected chi connectivity index (χ4v) is 0.660. The van der Waals surface area contributed by atoms with E-state index in [1.165, 1.54) is 6.08 Å². The SMILES string of the molecule is C=CC(=O)OCCNC(C)CC. The molecule has 0 spiro atoms. The predicted octanol–water partition coefficient (Wildman–Crippen LogP) is 1.10. The Labute approximate surface area is 73.8 Å². The molecule has 0 saturated heterocycles. The molecule has 1 unspecified atom stereocenters. The van der Waals surface area contributed by atoms with Crippen LogP contribution in [0.25, 0.3) is 0 Å². The highest BCUT2D eigenvalue weighted by atomic mass is 16.5. The van der Waals surface area contributed by atoms with Crippen molar-refractivity contribution in [1.82, 2.24) is 5.32 Å². The summed E-state index contributed by atoms with van der Waals surface area (Å²) in [5.41, 5.74) is 0. The summed E-state index contributed by atoms with van der Waals surface area (Å²) in [5.74, 6) is -0.360. The molecular formula is C9H17NO2. The van der Waals surface area contributed by atoms with E-state index in [2.05, 4.69) is 25.7 Å². The van der Waals surface area contributed by atoms with E-state index < -0.39 is 0 Å². The van der Waals surface area contributed by atoms with Gasteiger partial charge in [0.15, 0.2) is 0 Å². The topological polar surface area (TPSA) is 38.3 Å². The van der Waals surface area contributed by atoms with Gasteiger partial charge in [-0.25, -0.2) is 4.79 Å². The van der Waals surface area contributed by atoms with E-state index in [0.29, 0.717) is 19.2 Å². The van der Waals surface area contributed by atoms with E-state index in [4.69, 9.17) is 4.74 Å². The third kappa shape index (κ3) is 5.92. The van der Waals surface area contributed by atoms with Crippen LogP contribution in [0.4, 0.5) is 0 Å². The smallest absolute Gasteiger partial charge is 0.330 e. The van der Waals surface area contributed by atoms with Crippen molar-refractivity contribution in [1.29, 1.82) is 0 Å². The summed E-state index contributed by atoms with van der Waals surface area (Å²) >= 11 is 0. The lowest BCUT2D eigenvalue weighted by molar-refractivity contribution is -0.137. The van der Waals surface area contributed by atoms with Crippen LogP contribution in [0.3, 0.4) is 0 Å². The van der Waals surface area contributed by atoms with Crippen molar-refractivity contribution in [3.05, 3.63) is 12.7 Å². The second-order valence-corrected chi connectivity index (χ2v) is 2.64. The molecule has 3 heteroatoms. The Morgan fingerprint density at radius 3 is 2.92 bits per heavy atom. The number of hydrogen-bond donors (Lipinski definition) is 1. The van der Waals surface area contributed by atoms with Crippen molar-refractivity contribution in [3.8, 4) is 0 Å². The van der Waals surface area contributed by atoms with Crippen molar-refractivity contribution < 1.29 is 9.53 Å². The predicted molar refractivity (Wildman–Crippen MR) is 48.9 cm³/mol. The number of hydrogen-bond acceptors (Lipinski definition) is 3. The summed E-state index contributed by atoms with van der Waals surface area (Å²) < 4.78 is 4.77. The fraction of sp³-hybridized carbons (Fsp3) is 0.667. The van der Waals surface area contributed by atoms with Gasteiger partial charge in [0.2, 0.25) is 0 Å². The Morgan fingerprint density at radius 2 is 2.42 bits per heavy atom. The molecule has 12 heavy (non-hydrogen) atoms. The van der Waals surface area contributed by atoms with Crippen LogP contribution in [0.1, 0.15) is 20.3 Å². The quantitative estimate of drug-likeness (QED) is 0.369. The van der Waals surface area contributed by atoms with Gasteiger partial charge in [-0.2, -0.15) is 0 Å². The molecule has 3 nitrogen and oxygen atoms in total. The van der Waals surface area contributed by atoms with Crippen LogP contribution in [0.5, 0.6) is 0 Å². The summed E-state index contributed by atoms with van der Waals surface area (Å²) in [5, 5.41) is 3.20.